The number of benzene rings is 1. The molecule has 1 amide bonds. The summed E-state index contributed by atoms with van der Waals surface area (Å²) in [5.41, 5.74) is 1.40. The number of hydrogen-bond donors (Lipinski definition) is 0. The van der Waals surface area contributed by atoms with Gasteiger partial charge in [-0.25, -0.2) is 9.18 Å². The summed E-state index contributed by atoms with van der Waals surface area (Å²) >= 11 is 1.40. The Morgan fingerprint density at radius 1 is 1.08 bits per heavy atom. The van der Waals surface area contributed by atoms with Gasteiger partial charge in [-0.05, 0) is 35.7 Å². The van der Waals surface area contributed by atoms with Crippen molar-refractivity contribution in [1.82, 2.24) is 4.90 Å². The molecule has 0 radical (unpaired) electrons. The highest BCUT2D eigenvalue weighted by molar-refractivity contribution is 7.08. The van der Waals surface area contributed by atoms with E-state index in [0.717, 1.165) is 5.69 Å². The first-order valence-electron chi connectivity index (χ1n) is 7.61. The molecule has 1 aromatic heterocycles. The second-order valence-corrected chi connectivity index (χ2v) is 6.21. The normalized spacial score (nSPS) is 14.5. The van der Waals surface area contributed by atoms with Crippen molar-refractivity contribution in [3.63, 3.8) is 0 Å². The van der Waals surface area contributed by atoms with Crippen LogP contribution in [-0.2, 0) is 9.53 Å². The molecule has 1 saturated heterocycles. The average Bonchev–Trinajstić information content (AvgIpc) is 3.15. The number of amides is 1. The summed E-state index contributed by atoms with van der Waals surface area (Å²) in [7, 11) is 0. The number of carbonyl (C=O) groups is 2. The van der Waals surface area contributed by atoms with Gasteiger partial charge >= 0.3 is 5.97 Å². The molecule has 1 aromatic carbocycles. The Morgan fingerprint density at radius 2 is 1.79 bits per heavy atom. The Morgan fingerprint density at radius 3 is 2.42 bits per heavy atom. The van der Waals surface area contributed by atoms with E-state index in [1.54, 1.807) is 33.9 Å². The summed E-state index contributed by atoms with van der Waals surface area (Å²) in [6, 6.07) is 7.98. The summed E-state index contributed by atoms with van der Waals surface area (Å²) in [4.78, 5) is 27.7. The lowest BCUT2D eigenvalue weighted by atomic mass is 10.2. The number of nitrogens with zero attached hydrogens (tertiary/aromatic N) is 2. The maximum absolute atomic E-state index is 13.0. The van der Waals surface area contributed by atoms with E-state index in [9.17, 15) is 14.0 Å². The van der Waals surface area contributed by atoms with E-state index in [4.69, 9.17) is 4.74 Å². The number of halogens is 1. The minimum Gasteiger partial charge on any atom is -0.452 e. The van der Waals surface area contributed by atoms with Crippen LogP contribution in [0, 0.1) is 5.82 Å². The highest BCUT2D eigenvalue weighted by Gasteiger charge is 2.22. The zero-order valence-corrected chi connectivity index (χ0v) is 13.8. The largest absolute Gasteiger partial charge is 0.452 e. The highest BCUT2D eigenvalue weighted by Crippen LogP contribution is 2.17. The molecule has 1 fully saturated rings. The lowest BCUT2D eigenvalue weighted by Gasteiger charge is -2.36. The molecule has 0 bridgehead atoms. The highest BCUT2D eigenvalue weighted by atomic mass is 32.1. The first kappa shape index (κ1) is 16.4. The van der Waals surface area contributed by atoms with Crippen LogP contribution in [0.4, 0.5) is 10.1 Å². The molecule has 2 aromatic rings. The zero-order valence-electron chi connectivity index (χ0n) is 13.0. The second-order valence-electron chi connectivity index (χ2n) is 5.43. The monoisotopic (exact) mass is 348 g/mol. The van der Waals surface area contributed by atoms with Gasteiger partial charge in [-0.15, -0.1) is 0 Å². The second kappa shape index (κ2) is 7.44. The first-order chi connectivity index (χ1) is 11.6. The van der Waals surface area contributed by atoms with Gasteiger partial charge in [-0.3, -0.25) is 4.79 Å². The molecule has 0 aliphatic carbocycles. The van der Waals surface area contributed by atoms with Gasteiger partial charge in [-0.1, -0.05) is 0 Å². The maximum Gasteiger partial charge on any atom is 0.339 e. The van der Waals surface area contributed by atoms with Crippen LogP contribution in [-0.4, -0.2) is 49.6 Å². The Balaban J connectivity index is 1.46. The van der Waals surface area contributed by atoms with Gasteiger partial charge in [0.15, 0.2) is 6.61 Å². The summed E-state index contributed by atoms with van der Waals surface area (Å²) in [5, 5.41) is 3.47. The van der Waals surface area contributed by atoms with Gasteiger partial charge < -0.3 is 14.5 Å². The quantitative estimate of drug-likeness (QED) is 0.796. The molecule has 0 N–H and O–H groups in total. The number of anilines is 1. The van der Waals surface area contributed by atoms with Gasteiger partial charge in [0, 0.05) is 37.2 Å². The van der Waals surface area contributed by atoms with E-state index in [-0.39, 0.29) is 18.3 Å². The summed E-state index contributed by atoms with van der Waals surface area (Å²) in [6.07, 6.45) is 0. The van der Waals surface area contributed by atoms with Crippen LogP contribution in [0.5, 0.6) is 0 Å². The Labute approximate surface area is 143 Å². The van der Waals surface area contributed by atoms with E-state index < -0.39 is 5.97 Å². The molecule has 0 atom stereocenters. The minimum absolute atomic E-state index is 0.197. The number of thiophene rings is 1. The topological polar surface area (TPSA) is 49.9 Å². The lowest BCUT2D eigenvalue weighted by Crippen LogP contribution is -2.49. The van der Waals surface area contributed by atoms with Gasteiger partial charge in [0.25, 0.3) is 5.91 Å². The van der Waals surface area contributed by atoms with Crippen molar-refractivity contribution in [1.29, 1.82) is 0 Å². The van der Waals surface area contributed by atoms with Crippen LogP contribution in [0.2, 0.25) is 0 Å². The predicted molar refractivity (Wildman–Crippen MR) is 89.8 cm³/mol. The lowest BCUT2D eigenvalue weighted by molar-refractivity contribution is -0.134. The van der Waals surface area contributed by atoms with E-state index in [1.165, 1.54) is 23.5 Å². The fourth-order valence-electron chi connectivity index (χ4n) is 2.55. The summed E-state index contributed by atoms with van der Waals surface area (Å²) in [6.45, 7) is 2.18. The predicted octanol–water partition coefficient (Wildman–Crippen LogP) is 2.39. The Hall–Kier alpha value is -2.41. The number of esters is 1. The number of hydrogen-bond acceptors (Lipinski definition) is 5. The SMILES string of the molecule is O=C(OCC(=O)N1CCN(c2ccc(F)cc2)CC1)c1ccsc1. The molecule has 0 spiro atoms. The van der Waals surface area contributed by atoms with Crippen LogP contribution in [0.25, 0.3) is 0 Å². The van der Waals surface area contributed by atoms with Crippen LogP contribution in [0.3, 0.4) is 0 Å². The van der Waals surface area contributed by atoms with Crippen LogP contribution < -0.4 is 4.90 Å². The fraction of sp³-hybridized carbons (Fsp3) is 0.294. The molecule has 3 rings (SSSR count). The smallest absolute Gasteiger partial charge is 0.339 e. The van der Waals surface area contributed by atoms with E-state index >= 15 is 0 Å². The minimum atomic E-state index is -0.477. The third kappa shape index (κ3) is 3.91. The molecular weight excluding hydrogens is 331 g/mol. The van der Waals surface area contributed by atoms with Crippen molar-refractivity contribution in [2.24, 2.45) is 0 Å². The fourth-order valence-corrected chi connectivity index (χ4v) is 3.17. The molecule has 1 aliphatic heterocycles. The molecule has 1 aliphatic rings. The molecule has 24 heavy (non-hydrogen) atoms. The van der Waals surface area contributed by atoms with E-state index in [0.29, 0.717) is 31.7 Å². The molecule has 126 valence electrons. The number of ether oxygens (including phenoxy) is 1. The molecule has 2 heterocycles. The zero-order chi connectivity index (χ0) is 16.9. The van der Waals surface area contributed by atoms with Crippen molar-refractivity contribution in [2.45, 2.75) is 0 Å². The molecule has 7 heteroatoms. The summed E-state index contributed by atoms with van der Waals surface area (Å²) < 4.78 is 18.0. The standard InChI is InChI=1S/C17H17FN2O3S/c18-14-1-3-15(4-2-14)19-6-8-20(9-7-19)16(21)11-23-17(22)13-5-10-24-12-13/h1-5,10,12H,6-9,11H2. The Kier molecular flexibility index (Phi) is 5.10. The van der Waals surface area contributed by atoms with Crippen molar-refractivity contribution >= 4 is 28.9 Å². The number of carbonyl (C=O) groups excluding carboxylic acids is 2. The third-order valence-electron chi connectivity index (χ3n) is 3.91. The van der Waals surface area contributed by atoms with Gasteiger partial charge in [0.05, 0.1) is 5.56 Å². The van der Waals surface area contributed by atoms with Crippen molar-refractivity contribution in [3.8, 4) is 0 Å². The van der Waals surface area contributed by atoms with Crippen LogP contribution in [0.1, 0.15) is 10.4 Å². The summed E-state index contributed by atoms with van der Waals surface area (Å²) in [5.74, 6) is -0.938. The average molecular weight is 348 g/mol. The Bertz CT molecular complexity index is 695. The molecule has 0 saturated carbocycles. The third-order valence-corrected chi connectivity index (χ3v) is 4.59. The van der Waals surface area contributed by atoms with Gasteiger partial charge in [0.1, 0.15) is 5.82 Å². The molecule has 0 unspecified atom stereocenters. The van der Waals surface area contributed by atoms with Gasteiger partial charge in [0.2, 0.25) is 0 Å². The van der Waals surface area contributed by atoms with Crippen molar-refractivity contribution in [2.75, 3.05) is 37.7 Å². The van der Waals surface area contributed by atoms with Crippen molar-refractivity contribution in [3.05, 3.63) is 52.5 Å². The van der Waals surface area contributed by atoms with E-state index in [2.05, 4.69) is 4.90 Å². The molecule has 5 nitrogen and oxygen atoms in total. The first-order valence-corrected chi connectivity index (χ1v) is 8.55. The van der Waals surface area contributed by atoms with Gasteiger partial charge in [-0.2, -0.15) is 11.3 Å². The van der Waals surface area contributed by atoms with Crippen LogP contribution in [0.15, 0.2) is 41.1 Å². The van der Waals surface area contributed by atoms with Crippen LogP contribution >= 0.6 is 11.3 Å². The molecular formula is C17H17FN2O3S. The van der Waals surface area contributed by atoms with E-state index in [1.807, 2.05) is 0 Å². The number of rotatable bonds is 4. The maximum atomic E-state index is 13.0. The number of piperazine rings is 1. The van der Waals surface area contributed by atoms with Crippen molar-refractivity contribution < 1.29 is 18.7 Å².